The topological polar surface area (TPSA) is 106 Å². The normalized spacial score (nSPS) is 11.5. The first-order chi connectivity index (χ1) is 17.3. The maximum absolute atomic E-state index is 9.10. The summed E-state index contributed by atoms with van der Waals surface area (Å²) < 4.78 is 16.5. The van der Waals surface area contributed by atoms with Crippen LogP contribution in [0.5, 0.6) is 17.2 Å². The number of hydrogen-bond acceptors (Lipinski definition) is 6. The minimum atomic E-state index is -1.82. The number of ether oxygens (including phenoxy) is 3. The average Bonchev–Trinajstić information content (AvgIpc) is 3.33. The molecular formula is C28H31NO7. The summed E-state index contributed by atoms with van der Waals surface area (Å²) in [5, 5.41) is 14.8. The van der Waals surface area contributed by atoms with E-state index in [4.69, 9.17) is 34.0 Å². The Morgan fingerprint density at radius 1 is 0.833 bits per heavy atom. The van der Waals surface area contributed by atoms with Gasteiger partial charge in [0, 0.05) is 19.6 Å². The van der Waals surface area contributed by atoms with Crippen LogP contribution < -0.4 is 14.2 Å². The van der Waals surface area contributed by atoms with E-state index in [1.54, 1.807) is 0 Å². The van der Waals surface area contributed by atoms with E-state index in [0.29, 0.717) is 13.4 Å². The Labute approximate surface area is 210 Å². The van der Waals surface area contributed by atoms with E-state index >= 15 is 0 Å². The number of aryl methyl sites for hydroxylation is 1. The molecule has 1 aliphatic heterocycles. The highest BCUT2D eigenvalue weighted by Gasteiger charge is 2.14. The lowest BCUT2D eigenvalue weighted by Crippen LogP contribution is -2.25. The van der Waals surface area contributed by atoms with E-state index < -0.39 is 11.9 Å². The molecule has 2 N–H and O–H groups in total. The zero-order valence-corrected chi connectivity index (χ0v) is 20.5. The predicted molar refractivity (Wildman–Crippen MR) is 134 cm³/mol. The third-order valence-corrected chi connectivity index (χ3v) is 5.50. The third-order valence-electron chi connectivity index (χ3n) is 5.50. The van der Waals surface area contributed by atoms with Crippen molar-refractivity contribution in [3.8, 4) is 17.2 Å². The fourth-order valence-electron chi connectivity index (χ4n) is 3.67. The number of fused-ring (bicyclic) bond motifs is 1. The molecule has 8 nitrogen and oxygen atoms in total. The SMILES string of the molecule is CCOc1ccc(CN(CCc2ccc3c(c2)OCO3)Cc2ccc(C)cc2)cc1.O=C(O)C(=O)O. The molecule has 4 rings (SSSR count). The Bertz CT molecular complexity index is 1130. The van der Waals surface area contributed by atoms with Gasteiger partial charge >= 0.3 is 11.9 Å². The minimum absolute atomic E-state index is 0.316. The summed E-state index contributed by atoms with van der Waals surface area (Å²) in [5.41, 5.74) is 5.17. The predicted octanol–water partition coefficient (Wildman–Crippen LogP) is 4.52. The van der Waals surface area contributed by atoms with Gasteiger partial charge in [-0.1, -0.05) is 48.0 Å². The van der Waals surface area contributed by atoms with Crippen molar-refractivity contribution in [3.63, 3.8) is 0 Å². The molecule has 1 aliphatic rings. The summed E-state index contributed by atoms with van der Waals surface area (Å²) in [4.78, 5) is 20.7. The largest absolute Gasteiger partial charge is 0.494 e. The van der Waals surface area contributed by atoms with Gasteiger partial charge in [0.1, 0.15) is 5.75 Å². The van der Waals surface area contributed by atoms with Crippen molar-refractivity contribution in [1.82, 2.24) is 4.90 Å². The van der Waals surface area contributed by atoms with Gasteiger partial charge in [-0.3, -0.25) is 4.90 Å². The van der Waals surface area contributed by atoms with E-state index in [-0.39, 0.29) is 0 Å². The number of nitrogens with zero attached hydrogens (tertiary/aromatic N) is 1. The van der Waals surface area contributed by atoms with Crippen molar-refractivity contribution in [2.75, 3.05) is 19.9 Å². The van der Waals surface area contributed by atoms with E-state index in [1.165, 1.54) is 22.3 Å². The molecule has 0 bridgehead atoms. The molecule has 0 saturated heterocycles. The van der Waals surface area contributed by atoms with E-state index in [2.05, 4.69) is 72.5 Å². The summed E-state index contributed by atoms with van der Waals surface area (Å²) in [6.45, 7) is 7.91. The molecule has 0 amide bonds. The summed E-state index contributed by atoms with van der Waals surface area (Å²) in [7, 11) is 0. The highest BCUT2D eigenvalue weighted by Crippen LogP contribution is 2.32. The zero-order valence-electron chi connectivity index (χ0n) is 20.5. The van der Waals surface area contributed by atoms with Crippen LogP contribution in [0.2, 0.25) is 0 Å². The first kappa shape index (κ1) is 26.6. The molecule has 8 heteroatoms. The van der Waals surface area contributed by atoms with Crippen molar-refractivity contribution >= 4 is 11.9 Å². The van der Waals surface area contributed by atoms with Gasteiger partial charge in [-0.25, -0.2) is 9.59 Å². The molecule has 0 aliphatic carbocycles. The Hall–Kier alpha value is -4.04. The lowest BCUT2D eigenvalue weighted by Gasteiger charge is -2.23. The van der Waals surface area contributed by atoms with Gasteiger partial charge in [-0.05, 0) is 61.2 Å². The Kier molecular flexibility index (Phi) is 9.71. The van der Waals surface area contributed by atoms with Crippen LogP contribution >= 0.6 is 0 Å². The van der Waals surface area contributed by atoms with E-state index in [9.17, 15) is 0 Å². The number of carboxylic acids is 2. The van der Waals surface area contributed by atoms with Gasteiger partial charge in [0.05, 0.1) is 6.61 Å². The molecule has 1 heterocycles. The van der Waals surface area contributed by atoms with Crippen LogP contribution in [0.3, 0.4) is 0 Å². The van der Waals surface area contributed by atoms with E-state index in [1.807, 2.05) is 13.0 Å². The minimum Gasteiger partial charge on any atom is -0.494 e. The molecule has 0 unspecified atom stereocenters. The van der Waals surface area contributed by atoms with Crippen LogP contribution in [-0.4, -0.2) is 47.0 Å². The van der Waals surface area contributed by atoms with Crippen LogP contribution in [0.25, 0.3) is 0 Å². The average molecular weight is 494 g/mol. The summed E-state index contributed by atoms with van der Waals surface area (Å²) in [6, 6.07) is 23.5. The van der Waals surface area contributed by atoms with E-state index in [0.717, 1.165) is 43.3 Å². The standard InChI is InChI=1S/C26H29NO3.C2H2O4/c1-3-28-24-11-8-23(9-12-24)18-27(17-22-6-4-20(2)5-7-22)15-14-21-10-13-25-26(16-21)30-19-29-25;3-1(4)2(5)6/h4-13,16H,3,14-15,17-19H2,1-2H3;(H,3,4)(H,5,6). The molecule has 0 radical (unpaired) electrons. The van der Waals surface area contributed by atoms with Crippen LogP contribution in [0.1, 0.15) is 29.2 Å². The quantitative estimate of drug-likeness (QED) is 0.419. The van der Waals surface area contributed by atoms with Gasteiger partial charge < -0.3 is 24.4 Å². The summed E-state index contributed by atoms with van der Waals surface area (Å²) in [6.07, 6.45) is 0.958. The molecule has 0 atom stereocenters. The smallest absolute Gasteiger partial charge is 0.414 e. The van der Waals surface area contributed by atoms with Gasteiger partial charge in [-0.15, -0.1) is 0 Å². The molecule has 0 saturated carbocycles. The van der Waals surface area contributed by atoms with Gasteiger partial charge in [-0.2, -0.15) is 0 Å². The molecule has 190 valence electrons. The third kappa shape index (κ3) is 8.32. The fourth-order valence-corrected chi connectivity index (χ4v) is 3.67. The Balaban J connectivity index is 0.000000538. The summed E-state index contributed by atoms with van der Waals surface area (Å²) >= 11 is 0. The number of hydrogen-bond donors (Lipinski definition) is 2. The second-order valence-corrected chi connectivity index (χ2v) is 8.32. The zero-order chi connectivity index (χ0) is 25.9. The summed E-state index contributed by atoms with van der Waals surface area (Å²) in [5.74, 6) is -1.04. The van der Waals surface area contributed by atoms with Crippen LogP contribution in [0, 0.1) is 6.92 Å². The van der Waals surface area contributed by atoms with Gasteiger partial charge in [0.25, 0.3) is 0 Å². The number of aliphatic carboxylic acids is 2. The first-order valence-electron chi connectivity index (χ1n) is 11.7. The molecule has 3 aromatic carbocycles. The second kappa shape index (κ2) is 13.2. The molecule has 36 heavy (non-hydrogen) atoms. The van der Waals surface area contributed by atoms with Crippen molar-refractivity contribution in [3.05, 3.63) is 89.0 Å². The van der Waals surface area contributed by atoms with Gasteiger partial charge in [0.2, 0.25) is 6.79 Å². The van der Waals surface area contributed by atoms with Crippen molar-refractivity contribution in [2.45, 2.75) is 33.4 Å². The molecule has 3 aromatic rings. The van der Waals surface area contributed by atoms with Crippen LogP contribution in [0.15, 0.2) is 66.7 Å². The van der Waals surface area contributed by atoms with Gasteiger partial charge in [0.15, 0.2) is 11.5 Å². The lowest BCUT2D eigenvalue weighted by atomic mass is 10.1. The molecule has 0 aromatic heterocycles. The van der Waals surface area contributed by atoms with Crippen LogP contribution in [-0.2, 0) is 29.1 Å². The molecule has 0 fully saturated rings. The van der Waals surface area contributed by atoms with Crippen molar-refractivity contribution in [2.24, 2.45) is 0 Å². The van der Waals surface area contributed by atoms with Crippen molar-refractivity contribution < 1.29 is 34.0 Å². The second-order valence-electron chi connectivity index (χ2n) is 8.32. The number of carbonyl (C=O) groups is 2. The number of rotatable bonds is 9. The number of benzene rings is 3. The number of carboxylic acid groups (broad SMARTS) is 2. The molecule has 0 spiro atoms. The Morgan fingerprint density at radius 2 is 1.39 bits per heavy atom. The highest BCUT2D eigenvalue weighted by atomic mass is 16.7. The monoisotopic (exact) mass is 493 g/mol. The van der Waals surface area contributed by atoms with Crippen LogP contribution in [0.4, 0.5) is 0 Å². The lowest BCUT2D eigenvalue weighted by molar-refractivity contribution is -0.159. The Morgan fingerprint density at radius 3 is 1.97 bits per heavy atom. The maximum Gasteiger partial charge on any atom is 0.414 e. The first-order valence-corrected chi connectivity index (χ1v) is 11.7. The van der Waals surface area contributed by atoms with Crippen molar-refractivity contribution in [1.29, 1.82) is 0 Å². The highest BCUT2D eigenvalue weighted by molar-refractivity contribution is 6.27. The molecular weight excluding hydrogens is 462 g/mol. The fraction of sp³-hybridized carbons (Fsp3) is 0.286. The maximum atomic E-state index is 9.10.